The zero-order valence-corrected chi connectivity index (χ0v) is 12.2. The lowest BCUT2D eigenvalue weighted by molar-refractivity contribution is 1.02. The second-order valence-electron chi connectivity index (χ2n) is 4.55. The molecule has 3 rings (SSSR count). The summed E-state index contributed by atoms with van der Waals surface area (Å²) in [7, 11) is 0. The van der Waals surface area contributed by atoms with Crippen molar-refractivity contribution in [3.8, 4) is 0 Å². The van der Waals surface area contributed by atoms with E-state index in [9.17, 15) is 0 Å². The Balaban J connectivity index is 1.81. The molecule has 0 saturated carbocycles. The van der Waals surface area contributed by atoms with E-state index in [-0.39, 0.29) is 0 Å². The second-order valence-corrected chi connectivity index (χ2v) is 4.94. The fourth-order valence-corrected chi connectivity index (χ4v) is 2.28. The summed E-state index contributed by atoms with van der Waals surface area (Å²) in [5.41, 5.74) is 6.30. The van der Waals surface area contributed by atoms with Crippen molar-refractivity contribution >= 4 is 34.5 Å². The zero-order valence-electron chi connectivity index (χ0n) is 11.5. The Morgan fingerprint density at radius 1 is 1.29 bits per heavy atom. The number of rotatable bonds is 4. The highest BCUT2D eigenvalue weighted by molar-refractivity contribution is 6.29. The van der Waals surface area contributed by atoms with E-state index in [4.69, 9.17) is 11.6 Å². The predicted molar refractivity (Wildman–Crippen MR) is 85.9 cm³/mol. The van der Waals surface area contributed by atoms with Crippen LogP contribution in [0.1, 0.15) is 18.1 Å². The summed E-state index contributed by atoms with van der Waals surface area (Å²) in [4.78, 5) is 3.30. The number of benzene rings is 1. The van der Waals surface area contributed by atoms with Gasteiger partial charge in [0, 0.05) is 22.7 Å². The first-order valence-corrected chi connectivity index (χ1v) is 7.03. The molecule has 0 spiro atoms. The third-order valence-electron chi connectivity index (χ3n) is 3.23. The highest BCUT2D eigenvalue weighted by Crippen LogP contribution is 2.21. The molecule has 0 unspecified atom stereocenters. The lowest BCUT2D eigenvalue weighted by Gasteiger charge is -1.99. The zero-order chi connectivity index (χ0) is 14.7. The molecule has 2 aromatic heterocycles. The monoisotopic (exact) mass is 299 g/mol. The minimum Gasteiger partial charge on any atom is -0.360 e. The summed E-state index contributed by atoms with van der Waals surface area (Å²) in [5.74, 6) is 0.546. The third kappa shape index (κ3) is 2.87. The Bertz CT molecular complexity index is 776. The van der Waals surface area contributed by atoms with Crippen LogP contribution < -0.4 is 5.43 Å². The van der Waals surface area contributed by atoms with Crippen LogP contribution in [0.4, 0.5) is 5.82 Å². The van der Waals surface area contributed by atoms with Gasteiger partial charge in [0.2, 0.25) is 0 Å². The average molecular weight is 300 g/mol. The van der Waals surface area contributed by atoms with Gasteiger partial charge >= 0.3 is 0 Å². The van der Waals surface area contributed by atoms with Crippen LogP contribution in [0.2, 0.25) is 5.15 Å². The van der Waals surface area contributed by atoms with Crippen LogP contribution >= 0.6 is 11.6 Å². The number of fused-ring (bicyclic) bond motifs is 1. The normalized spacial score (nSPS) is 11.3. The van der Waals surface area contributed by atoms with Crippen LogP contribution in [0.25, 0.3) is 10.9 Å². The van der Waals surface area contributed by atoms with Gasteiger partial charge in [-0.25, -0.2) is 0 Å². The van der Waals surface area contributed by atoms with E-state index in [1.165, 1.54) is 5.56 Å². The molecule has 1 aromatic carbocycles. The molecule has 0 saturated heterocycles. The van der Waals surface area contributed by atoms with Crippen molar-refractivity contribution in [3.63, 3.8) is 0 Å². The van der Waals surface area contributed by atoms with Gasteiger partial charge in [-0.05, 0) is 24.1 Å². The van der Waals surface area contributed by atoms with Crippen molar-refractivity contribution in [2.24, 2.45) is 5.10 Å². The van der Waals surface area contributed by atoms with Crippen LogP contribution in [0, 0.1) is 0 Å². The molecule has 0 aliphatic rings. The SMILES string of the molecule is CCc1cccc2c(/C=N/Nc3ccc(Cl)nn3)c[nH]c12. The molecule has 2 N–H and O–H groups in total. The minimum absolute atomic E-state index is 0.355. The molecule has 21 heavy (non-hydrogen) atoms. The van der Waals surface area contributed by atoms with Gasteiger partial charge in [-0.3, -0.25) is 5.43 Å². The first-order chi connectivity index (χ1) is 10.3. The van der Waals surface area contributed by atoms with Gasteiger partial charge in [0.15, 0.2) is 11.0 Å². The highest BCUT2D eigenvalue weighted by atomic mass is 35.5. The van der Waals surface area contributed by atoms with Crippen molar-refractivity contribution in [1.82, 2.24) is 15.2 Å². The van der Waals surface area contributed by atoms with Crippen molar-refractivity contribution in [2.75, 3.05) is 5.43 Å². The Kier molecular flexibility index (Phi) is 3.83. The van der Waals surface area contributed by atoms with Crippen LogP contribution in [0.3, 0.4) is 0 Å². The molecule has 0 aliphatic carbocycles. The van der Waals surface area contributed by atoms with E-state index in [2.05, 4.69) is 50.8 Å². The number of halogens is 1. The minimum atomic E-state index is 0.355. The number of anilines is 1. The molecule has 0 aliphatic heterocycles. The molecule has 0 amide bonds. The molecule has 6 heteroatoms. The summed E-state index contributed by atoms with van der Waals surface area (Å²) in [6.07, 6.45) is 4.70. The van der Waals surface area contributed by atoms with Gasteiger partial charge in [-0.1, -0.05) is 36.7 Å². The fraction of sp³-hybridized carbons (Fsp3) is 0.133. The van der Waals surface area contributed by atoms with Crippen LogP contribution in [0.15, 0.2) is 41.6 Å². The maximum absolute atomic E-state index is 5.68. The number of aryl methyl sites for hydroxylation is 1. The molecule has 0 atom stereocenters. The Labute approximate surface area is 127 Å². The molecule has 5 nitrogen and oxygen atoms in total. The number of aromatic amines is 1. The van der Waals surface area contributed by atoms with Crippen molar-refractivity contribution in [3.05, 3.63) is 52.8 Å². The summed E-state index contributed by atoms with van der Waals surface area (Å²) in [6.45, 7) is 2.14. The lowest BCUT2D eigenvalue weighted by atomic mass is 10.1. The Hall–Kier alpha value is -2.40. The van der Waals surface area contributed by atoms with E-state index in [0.29, 0.717) is 11.0 Å². The van der Waals surface area contributed by atoms with Gasteiger partial charge in [0.1, 0.15) is 0 Å². The summed E-state index contributed by atoms with van der Waals surface area (Å²) < 4.78 is 0. The van der Waals surface area contributed by atoms with E-state index in [0.717, 1.165) is 22.9 Å². The predicted octanol–water partition coefficient (Wildman–Crippen LogP) is 3.62. The van der Waals surface area contributed by atoms with Crippen LogP contribution in [-0.2, 0) is 6.42 Å². The van der Waals surface area contributed by atoms with Crippen LogP contribution in [0.5, 0.6) is 0 Å². The maximum Gasteiger partial charge on any atom is 0.168 e. The highest BCUT2D eigenvalue weighted by Gasteiger charge is 2.04. The standard InChI is InChI=1S/C15H14ClN5/c1-2-10-4-3-5-12-11(8-17-15(10)12)9-18-20-14-7-6-13(16)19-21-14/h3-9,17H,2H2,1H3,(H,20,21)/b18-9+. The molecule has 0 fully saturated rings. The van der Waals surface area contributed by atoms with E-state index >= 15 is 0 Å². The van der Waals surface area contributed by atoms with Gasteiger partial charge in [0.25, 0.3) is 0 Å². The first-order valence-electron chi connectivity index (χ1n) is 6.65. The largest absolute Gasteiger partial charge is 0.360 e. The average Bonchev–Trinajstić information content (AvgIpc) is 2.92. The first kappa shape index (κ1) is 13.6. The number of aromatic nitrogens is 3. The smallest absolute Gasteiger partial charge is 0.168 e. The lowest BCUT2D eigenvalue weighted by Crippen LogP contribution is -1.94. The summed E-state index contributed by atoms with van der Waals surface area (Å²) in [5, 5.41) is 13.3. The summed E-state index contributed by atoms with van der Waals surface area (Å²) in [6, 6.07) is 9.64. The van der Waals surface area contributed by atoms with Crippen LogP contribution in [-0.4, -0.2) is 21.4 Å². The Morgan fingerprint density at radius 3 is 2.95 bits per heavy atom. The molecule has 106 valence electrons. The summed E-state index contributed by atoms with van der Waals surface area (Å²) >= 11 is 5.68. The maximum atomic E-state index is 5.68. The van der Waals surface area contributed by atoms with Crippen molar-refractivity contribution in [1.29, 1.82) is 0 Å². The Morgan fingerprint density at radius 2 is 2.19 bits per heavy atom. The van der Waals surface area contributed by atoms with Crippen molar-refractivity contribution in [2.45, 2.75) is 13.3 Å². The fourth-order valence-electron chi connectivity index (χ4n) is 2.18. The number of hydrogen-bond donors (Lipinski definition) is 2. The third-order valence-corrected chi connectivity index (χ3v) is 3.43. The molecule has 2 heterocycles. The topological polar surface area (TPSA) is 66.0 Å². The quantitative estimate of drug-likeness (QED) is 0.571. The molecule has 0 radical (unpaired) electrons. The molecule has 3 aromatic rings. The van der Waals surface area contributed by atoms with E-state index < -0.39 is 0 Å². The number of H-pyrrole nitrogens is 1. The van der Waals surface area contributed by atoms with Crippen molar-refractivity contribution < 1.29 is 0 Å². The number of nitrogens with one attached hydrogen (secondary N) is 2. The van der Waals surface area contributed by atoms with Gasteiger partial charge in [0.05, 0.1) is 6.21 Å². The van der Waals surface area contributed by atoms with Gasteiger partial charge in [-0.2, -0.15) is 5.10 Å². The number of para-hydroxylation sites is 1. The van der Waals surface area contributed by atoms with E-state index in [1.807, 2.05) is 6.20 Å². The van der Waals surface area contributed by atoms with Gasteiger partial charge in [-0.15, -0.1) is 10.2 Å². The number of nitrogens with zero attached hydrogens (tertiary/aromatic N) is 3. The van der Waals surface area contributed by atoms with E-state index in [1.54, 1.807) is 18.3 Å². The molecular weight excluding hydrogens is 286 g/mol. The second kappa shape index (κ2) is 5.93. The number of hydrogen-bond acceptors (Lipinski definition) is 4. The van der Waals surface area contributed by atoms with Gasteiger partial charge < -0.3 is 4.98 Å². The molecular formula is C15H14ClN5. The number of hydrazone groups is 1. The molecule has 0 bridgehead atoms.